The lowest BCUT2D eigenvalue weighted by molar-refractivity contribution is 0.173. The van der Waals surface area contributed by atoms with Crippen molar-refractivity contribution in [2.75, 3.05) is 6.79 Å². The zero-order valence-corrected chi connectivity index (χ0v) is 11.6. The van der Waals surface area contributed by atoms with Crippen LogP contribution in [-0.4, -0.2) is 6.79 Å². The first-order chi connectivity index (χ1) is 10.3. The fraction of sp³-hybridized carbons (Fsp3) is 0.294. The number of hydrogen-bond acceptors (Lipinski definition) is 3. The molecule has 1 N–H and O–H groups in total. The summed E-state index contributed by atoms with van der Waals surface area (Å²) in [5.41, 5.74) is 3.02. The van der Waals surface area contributed by atoms with Crippen molar-refractivity contribution in [3.63, 3.8) is 0 Å². The molecule has 4 rings (SSSR count). The summed E-state index contributed by atoms with van der Waals surface area (Å²) in [5, 5.41) is 3.51. The molecule has 108 valence electrons. The number of rotatable bonds is 3. The van der Waals surface area contributed by atoms with E-state index in [0.717, 1.165) is 41.0 Å². The van der Waals surface area contributed by atoms with Crippen molar-refractivity contribution >= 4 is 0 Å². The molecule has 21 heavy (non-hydrogen) atoms. The smallest absolute Gasteiger partial charge is 0.231 e. The van der Waals surface area contributed by atoms with Crippen molar-refractivity contribution < 1.29 is 13.9 Å². The fourth-order valence-corrected chi connectivity index (χ4v) is 3.18. The van der Waals surface area contributed by atoms with Crippen molar-refractivity contribution in [3.8, 4) is 11.5 Å². The molecule has 1 aliphatic heterocycles. The fourth-order valence-electron chi connectivity index (χ4n) is 3.18. The Hall–Kier alpha value is -2.07. The zero-order valence-electron chi connectivity index (χ0n) is 11.6. The third-order valence-electron chi connectivity index (χ3n) is 4.23. The van der Waals surface area contributed by atoms with Crippen LogP contribution in [0.5, 0.6) is 11.5 Å². The molecule has 0 fully saturated rings. The van der Waals surface area contributed by atoms with Crippen LogP contribution in [0.3, 0.4) is 0 Å². The minimum absolute atomic E-state index is 0.0888. The minimum atomic E-state index is -0.0888. The van der Waals surface area contributed by atoms with Crippen molar-refractivity contribution in [2.45, 2.75) is 25.4 Å². The molecule has 1 heterocycles. The highest BCUT2D eigenvalue weighted by atomic mass is 19.1. The van der Waals surface area contributed by atoms with E-state index in [9.17, 15) is 4.39 Å². The number of ether oxygens (including phenoxy) is 2. The Bertz CT molecular complexity index is 686. The number of hydrogen-bond donors (Lipinski definition) is 1. The van der Waals surface area contributed by atoms with Crippen LogP contribution in [0, 0.1) is 5.82 Å². The van der Waals surface area contributed by atoms with E-state index in [0.29, 0.717) is 6.54 Å². The molecule has 4 heteroatoms. The molecule has 0 saturated heterocycles. The third-order valence-corrected chi connectivity index (χ3v) is 4.23. The summed E-state index contributed by atoms with van der Waals surface area (Å²) in [6.07, 6.45) is 1.73. The summed E-state index contributed by atoms with van der Waals surface area (Å²) >= 11 is 0. The van der Waals surface area contributed by atoms with Gasteiger partial charge in [-0.15, -0.1) is 0 Å². The van der Waals surface area contributed by atoms with Crippen LogP contribution < -0.4 is 14.8 Å². The van der Waals surface area contributed by atoms with Gasteiger partial charge in [-0.2, -0.15) is 0 Å². The standard InChI is InChI=1S/C17H16FNO2/c18-14-5-2-4-13-12(14)7-8-15(13)19-9-11-3-1-6-16-17(11)21-10-20-16/h1-6,15,19H,7-10H2. The predicted octanol–water partition coefficient (Wildman–Crippen LogP) is 3.33. The van der Waals surface area contributed by atoms with Crippen molar-refractivity contribution in [1.82, 2.24) is 5.32 Å². The Labute approximate surface area is 122 Å². The van der Waals surface area contributed by atoms with Gasteiger partial charge in [0.1, 0.15) is 5.82 Å². The number of halogens is 1. The van der Waals surface area contributed by atoms with Gasteiger partial charge < -0.3 is 14.8 Å². The number of fused-ring (bicyclic) bond motifs is 2. The van der Waals surface area contributed by atoms with Gasteiger partial charge in [-0.05, 0) is 36.1 Å². The normalized spacial score (nSPS) is 18.8. The molecule has 0 aromatic heterocycles. The van der Waals surface area contributed by atoms with Crippen molar-refractivity contribution in [1.29, 1.82) is 0 Å². The predicted molar refractivity (Wildman–Crippen MR) is 76.9 cm³/mol. The highest BCUT2D eigenvalue weighted by Gasteiger charge is 2.25. The van der Waals surface area contributed by atoms with Gasteiger partial charge in [0.25, 0.3) is 0 Å². The molecule has 1 atom stereocenters. The molecule has 0 amide bonds. The van der Waals surface area contributed by atoms with Gasteiger partial charge in [-0.25, -0.2) is 4.39 Å². The van der Waals surface area contributed by atoms with Gasteiger partial charge >= 0.3 is 0 Å². The van der Waals surface area contributed by atoms with Crippen LogP contribution in [0.4, 0.5) is 4.39 Å². The van der Waals surface area contributed by atoms with E-state index in [1.807, 2.05) is 24.3 Å². The Kier molecular flexibility index (Phi) is 3.04. The van der Waals surface area contributed by atoms with E-state index in [1.165, 1.54) is 6.07 Å². The maximum Gasteiger partial charge on any atom is 0.231 e. The Morgan fingerprint density at radius 2 is 2.05 bits per heavy atom. The molecule has 2 aromatic carbocycles. The second-order valence-corrected chi connectivity index (χ2v) is 5.43. The van der Waals surface area contributed by atoms with Crippen LogP contribution in [0.15, 0.2) is 36.4 Å². The number of benzene rings is 2. The molecular weight excluding hydrogens is 269 g/mol. The number of nitrogens with one attached hydrogen (secondary N) is 1. The SMILES string of the molecule is Fc1cccc2c1CCC2NCc1cccc2c1OCO2. The summed E-state index contributed by atoms with van der Waals surface area (Å²) in [6.45, 7) is 0.969. The maximum atomic E-state index is 13.7. The van der Waals surface area contributed by atoms with Crippen LogP contribution in [0.25, 0.3) is 0 Å². The second-order valence-electron chi connectivity index (χ2n) is 5.43. The average Bonchev–Trinajstić information content (AvgIpc) is 3.12. The number of para-hydroxylation sites is 1. The van der Waals surface area contributed by atoms with Crippen LogP contribution in [-0.2, 0) is 13.0 Å². The molecule has 1 aliphatic carbocycles. The van der Waals surface area contributed by atoms with Crippen molar-refractivity contribution in [3.05, 3.63) is 58.9 Å². The minimum Gasteiger partial charge on any atom is -0.454 e. The van der Waals surface area contributed by atoms with Gasteiger partial charge in [0.15, 0.2) is 11.5 Å². The zero-order chi connectivity index (χ0) is 14.2. The summed E-state index contributed by atoms with van der Waals surface area (Å²) in [7, 11) is 0. The molecule has 3 nitrogen and oxygen atoms in total. The van der Waals surface area contributed by atoms with Gasteiger partial charge in [-0.3, -0.25) is 0 Å². The van der Waals surface area contributed by atoms with Crippen LogP contribution in [0.2, 0.25) is 0 Å². The molecule has 0 spiro atoms. The van der Waals surface area contributed by atoms with Gasteiger partial charge in [0, 0.05) is 18.2 Å². The summed E-state index contributed by atoms with van der Waals surface area (Å²) in [4.78, 5) is 0. The quantitative estimate of drug-likeness (QED) is 0.938. The average molecular weight is 285 g/mol. The summed E-state index contributed by atoms with van der Waals surface area (Å²) < 4.78 is 24.6. The molecule has 0 radical (unpaired) electrons. The lowest BCUT2D eigenvalue weighted by Crippen LogP contribution is -2.19. The first-order valence-electron chi connectivity index (χ1n) is 7.21. The Balaban J connectivity index is 1.52. The van der Waals surface area contributed by atoms with E-state index in [-0.39, 0.29) is 18.7 Å². The third kappa shape index (κ3) is 2.16. The van der Waals surface area contributed by atoms with Crippen molar-refractivity contribution in [2.24, 2.45) is 0 Å². The van der Waals surface area contributed by atoms with Gasteiger partial charge in [0.2, 0.25) is 6.79 Å². The van der Waals surface area contributed by atoms with E-state index in [4.69, 9.17) is 9.47 Å². The van der Waals surface area contributed by atoms with E-state index >= 15 is 0 Å². The molecule has 0 saturated carbocycles. The first-order valence-corrected chi connectivity index (χ1v) is 7.21. The van der Waals surface area contributed by atoms with E-state index < -0.39 is 0 Å². The largest absolute Gasteiger partial charge is 0.454 e. The highest BCUT2D eigenvalue weighted by molar-refractivity contribution is 5.48. The Morgan fingerprint density at radius 3 is 3.00 bits per heavy atom. The Morgan fingerprint density at radius 1 is 1.14 bits per heavy atom. The maximum absolute atomic E-state index is 13.7. The topological polar surface area (TPSA) is 30.5 Å². The molecule has 2 aliphatic rings. The van der Waals surface area contributed by atoms with E-state index in [2.05, 4.69) is 5.32 Å². The van der Waals surface area contributed by atoms with Crippen LogP contribution in [0.1, 0.15) is 29.2 Å². The molecule has 2 aromatic rings. The summed E-state index contributed by atoms with van der Waals surface area (Å²) in [5.74, 6) is 1.53. The second kappa shape index (κ2) is 5.04. The van der Waals surface area contributed by atoms with Crippen LogP contribution >= 0.6 is 0 Å². The van der Waals surface area contributed by atoms with Gasteiger partial charge in [0.05, 0.1) is 0 Å². The molecule has 1 unspecified atom stereocenters. The monoisotopic (exact) mass is 285 g/mol. The summed E-state index contributed by atoms with van der Waals surface area (Å²) in [6, 6.07) is 11.4. The lowest BCUT2D eigenvalue weighted by atomic mass is 10.1. The van der Waals surface area contributed by atoms with E-state index in [1.54, 1.807) is 6.07 Å². The molecule has 0 bridgehead atoms. The lowest BCUT2D eigenvalue weighted by Gasteiger charge is -2.15. The first kappa shape index (κ1) is 12.7. The molecular formula is C17H16FNO2. The van der Waals surface area contributed by atoms with Gasteiger partial charge in [-0.1, -0.05) is 24.3 Å². The highest BCUT2D eigenvalue weighted by Crippen LogP contribution is 2.37.